The Morgan fingerprint density at radius 1 is 1.24 bits per heavy atom. The van der Waals surface area contributed by atoms with Crippen molar-refractivity contribution in [3.8, 4) is 0 Å². The van der Waals surface area contributed by atoms with Gasteiger partial charge in [-0.25, -0.2) is 0 Å². The standard InChI is InChI=1S/C6H11Cl2N.C4H9N3.Pt/c7-9(8)6-4-2-1-3-5-6;1-6-3-5-7(2)4-6;/h6H,1-5H2;5H,4H2,1-2H3;. The second-order valence-corrected chi connectivity index (χ2v) is 6.44. The van der Waals surface area contributed by atoms with E-state index in [2.05, 4.69) is 36.7 Å². The molecule has 0 radical (unpaired) electrons. The van der Waals surface area contributed by atoms with Crippen LogP contribution in [0.1, 0.15) is 32.1 Å². The van der Waals surface area contributed by atoms with Gasteiger partial charge in [0, 0.05) is 6.04 Å². The van der Waals surface area contributed by atoms with E-state index in [9.17, 15) is 0 Å². The van der Waals surface area contributed by atoms with Gasteiger partial charge < -0.3 is 0 Å². The number of rotatable bonds is 1. The van der Waals surface area contributed by atoms with Gasteiger partial charge in [0.05, 0.1) is 0 Å². The van der Waals surface area contributed by atoms with Crippen LogP contribution in [0.4, 0.5) is 0 Å². The summed E-state index contributed by atoms with van der Waals surface area (Å²) in [6, 6.07) is 0.419. The van der Waals surface area contributed by atoms with Gasteiger partial charge in [0.1, 0.15) is 0 Å². The summed E-state index contributed by atoms with van der Waals surface area (Å²) in [5.74, 6) is 0. The van der Waals surface area contributed by atoms with Gasteiger partial charge in [-0.2, -0.15) is 0 Å². The van der Waals surface area contributed by atoms with Crippen LogP contribution in [0.25, 0.3) is 0 Å². The zero-order valence-corrected chi connectivity index (χ0v) is 14.0. The molecule has 2 fully saturated rings. The molecule has 7 heteroatoms. The van der Waals surface area contributed by atoms with E-state index >= 15 is 0 Å². The van der Waals surface area contributed by atoms with Crippen molar-refractivity contribution in [2.45, 2.75) is 38.1 Å². The molecule has 104 valence electrons. The van der Waals surface area contributed by atoms with E-state index < -0.39 is 0 Å². The van der Waals surface area contributed by atoms with Crippen molar-refractivity contribution < 1.29 is 19.4 Å². The molecule has 1 aliphatic carbocycles. The van der Waals surface area contributed by atoms with Gasteiger partial charge >= 0.3 is 59.6 Å². The summed E-state index contributed by atoms with van der Waals surface area (Å²) >= 11 is 13.4. The van der Waals surface area contributed by atoms with Crippen molar-refractivity contribution >= 4 is 27.7 Å². The Labute approximate surface area is 125 Å². The quantitative estimate of drug-likeness (QED) is 0.602. The molecule has 1 aliphatic heterocycles. The van der Waals surface area contributed by atoms with Gasteiger partial charge in [0.25, 0.3) is 0 Å². The fourth-order valence-corrected chi connectivity index (χ4v) is 2.90. The van der Waals surface area contributed by atoms with Crippen molar-refractivity contribution in [3.63, 3.8) is 0 Å². The molecule has 17 heavy (non-hydrogen) atoms. The third-order valence-electron chi connectivity index (χ3n) is 2.86. The molecular formula is C10H20Cl2N4Pt. The van der Waals surface area contributed by atoms with Crippen LogP contribution in [0.5, 0.6) is 0 Å². The summed E-state index contributed by atoms with van der Waals surface area (Å²) in [6.07, 6.45) is 6.22. The minimum atomic E-state index is 0.419. The molecule has 2 rings (SSSR count). The fraction of sp³-hybridized carbons (Fsp3) is 0.900. The molecule has 0 aromatic heterocycles. The summed E-state index contributed by atoms with van der Waals surface area (Å²) in [4.78, 5) is 2.14. The normalized spacial score (nSPS) is 24.1. The van der Waals surface area contributed by atoms with Gasteiger partial charge in [0.15, 0.2) is 0 Å². The van der Waals surface area contributed by atoms with Gasteiger partial charge in [-0.05, 0) is 36.4 Å². The first kappa shape index (κ1) is 16.0. The van der Waals surface area contributed by atoms with E-state index in [0.717, 1.165) is 19.5 Å². The van der Waals surface area contributed by atoms with Crippen molar-refractivity contribution in [2.75, 3.05) is 20.8 Å². The molecule has 1 saturated carbocycles. The van der Waals surface area contributed by atoms with E-state index in [-0.39, 0.29) is 0 Å². The molecule has 0 bridgehead atoms. The molecule has 0 aromatic carbocycles. The first-order chi connectivity index (χ1) is 8.00. The number of halogens is 2. The largest absolute Gasteiger partial charge is 0.129 e. The summed E-state index contributed by atoms with van der Waals surface area (Å²) in [7, 11) is 4.07. The van der Waals surface area contributed by atoms with Crippen LogP contribution < -0.4 is 5.43 Å². The Morgan fingerprint density at radius 3 is 2.06 bits per heavy atom. The third-order valence-corrected chi connectivity index (χ3v) is 4.54. The minimum Gasteiger partial charge on any atom is -0.129 e. The number of nitrogens with one attached hydrogen (secondary N) is 1. The molecule has 1 N–H and O–H groups in total. The molecule has 0 amide bonds. The van der Waals surface area contributed by atoms with Crippen molar-refractivity contribution in [1.82, 2.24) is 19.3 Å². The van der Waals surface area contributed by atoms with E-state index in [4.69, 9.17) is 23.6 Å². The predicted molar refractivity (Wildman–Crippen MR) is 69.0 cm³/mol. The number of hydrazine groups is 1. The van der Waals surface area contributed by atoms with Gasteiger partial charge in [0.2, 0.25) is 0 Å². The molecule has 2 aliphatic rings. The first-order valence-electron chi connectivity index (χ1n) is 5.79. The Balaban J connectivity index is 0.000000171. The first-order valence-corrected chi connectivity index (χ1v) is 7.61. The van der Waals surface area contributed by atoms with Crippen LogP contribution in [0.3, 0.4) is 0 Å². The summed E-state index contributed by atoms with van der Waals surface area (Å²) in [6.45, 7) is 0.971. The second kappa shape index (κ2) is 8.21. The minimum absolute atomic E-state index is 0.419. The molecule has 1 heterocycles. The van der Waals surface area contributed by atoms with Gasteiger partial charge in [-0.15, -0.1) is 3.94 Å². The van der Waals surface area contributed by atoms with E-state index in [1.807, 2.05) is 12.1 Å². The molecule has 0 unspecified atom stereocenters. The van der Waals surface area contributed by atoms with E-state index in [1.54, 1.807) is 0 Å². The molecule has 0 aromatic rings. The average molecular weight is 462 g/mol. The Hall–Kier alpha value is 0.978. The smallest absolute Gasteiger partial charge is 0.0416 e. The molecule has 0 atom stereocenters. The molecular weight excluding hydrogens is 442 g/mol. The van der Waals surface area contributed by atoms with E-state index in [0.29, 0.717) is 6.04 Å². The molecule has 1 saturated heterocycles. The summed E-state index contributed by atoms with van der Waals surface area (Å²) < 4.78 is 2.49. The van der Waals surface area contributed by atoms with Gasteiger partial charge in [-0.1, -0.05) is 19.3 Å². The number of hydrogen-bond donors (Lipinski definition) is 1. The van der Waals surface area contributed by atoms with Crippen LogP contribution in [-0.2, 0) is 19.4 Å². The Bertz CT molecular complexity index is 246. The zero-order chi connectivity index (χ0) is 12.8. The van der Waals surface area contributed by atoms with Crippen LogP contribution in [-0.4, -0.2) is 44.8 Å². The summed E-state index contributed by atoms with van der Waals surface area (Å²) in [5.41, 5.74) is 3.13. The maximum absolute atomic E-state index is 5.56. The van der Waals surface area contributed by atoms with Crippen LogP contribution in [0, 0.1) is 0 Å². The van der Waals surface area contributed by atoms with Crippen molar-refractivity contribution in [1.29, 1.82) is 0 Å². The SMILES string of the molecule is CN1CN(C)[C](=[Pt])N1.ClN(Cl)C1CCCCC1. The second-order valence-electron chi connectivity index (χ2n) is 4.46. The maximum Gasteiger partial charge on any atom is 0.0416 e. The van der Waals surface area contributed by atoms with Crippen molar-refractivity contribution in [3.05, 3.63) is 0 Å². The van der Waals surface area contributed by atoms with Crippen LogP contribution in [0.15, 0.2) is 0 Å². The number of nitrogens with zero attached hydrogens (tertiary/aromatic N) is 3. The molecule has 4 nitrogen and oxygen atoms in total. The Kier molecular flexibility index (Phi) is 7.74. The fourth-order valence-electron chi connectivity index (χ4n) is 1.92. The van der Waals surface area contributed by atoms with Crippen molar-refractivity contribution in [2.24, 2.45) is 0 Å². The monoisotopic (exact) mass is 461 g/mol. The predicted octanol–water partition coefficient (Wildman–Crippen LogP) is 1.89. The third kappa shape index (κ3) is 6.11. The van der Waals surface area contributed by atoms with E-state index in [1.165, 1.54) is 27.3 Å². The Morgan fingerprint density at radius 2 is 1.82 bits per heavy atom. The number of hydrogen-bond acceptors (Lipinski definition) is 4. The molecule has 0 spiro atoms. The summed E-state index contributed by atoms with van der Waals surface area (Å²) in [5, 5.41) is 2.03. The maximum atomic E-state index is 5.56. The topological polar surface area (TPSA) is 21.8 Å². The van der Waals surface area contributed by atoms with Crippen LogP contribution >= 0.6 is 23.6 Å². The van der Waals surface area contributed by atoms with Gasteiger partial charge in [-0.3, -0.25) is 0 Å². The van der Waals surface area contributed by atoms with Crippen LogP contribution in [0.2, 0.25) is 0 Å². The average Bonchev–Trinajstić information content (AvgIpc) is 2.58. The zero-order valence-electron chi connectivity index (χ0n) is 10.2.